The van der Waals surface area contributed by atoms with E-state index in [0.29, 0.717) is 45.2 Å². The first kappa shape index (κ1) is 30.1. The van der Waals surface area contributed by atoms with Gasteiger partial charge in [-0.25, -0.2) is 14.2 Å². The van der Waals surface area contributed by atoms with Crippen molar-refractivity contribution in [1.82, 2.24) is 9.13 Å². The van der Waals surface area contributed by atoms with Crippen molar-refractivity contribution in [2.24, 2.45) is 4.99 Å². The van der Waals surface area contributed by atoms with Crippen LogP contribution in [0.1, 0.15) is 43.5 Å². The smallest absolute Gasteiger partial charge is 0.338 e. The molecule has 0 spiro atoms. The molecule has 0 saturated carbocycles. The summed E-state index contributed by atoms with van der Waals surface area (Å²) in [4.78, 5) is 32.9. The molecule has 1 atom stereocenters. The monoisotopic (exact) mass is 625 g/mol. The zero-order valence-corrected chi connectivity index (χ0v) is 26.2. The summed E-state index contributed by atoms with van der Waals surface area (Å²) in [5, 5.41) is 0.969. The number of carbonyl (C=O) groups is 1. The number of ether oxygens (including phenoxy) is 3. The first-order valence-corrected chi connectivity index (χ1v) is 15.5. The molecule has 0 radical (unpaired) electrons. The molecule has 0 amide bonds. The van der Waals surface area contributed by atoms with E-state index in [4.69, 9.17) is 19.2 Å². The molecule has 0 aliphatic carbocycles. The molecule has 2 aromatic heterocycles. The molecule has 1 aliphatic heterocycles. The molecule has 0 fully saturated rings. The molecule has 10 heteroatoms. The topological polar surface area (TPSA) is 84.1 Å². The van der Waals surface area contributed by atoms with Crippen LogP contribution in [0.25, 0.3) is 17.0 Å². The number of fused-ring (bicyclic) bond motifs is 2. The second kappa shape index (κ2) is 12.6. The van der Waals surface area contributed by atoms with Gasteiger partial charge in [0.15, 0.2) is 16.3 Å². The van der Waals surface area contributed by atoms with Gasteiger partial charge in [-0.3, -0.25) is 9.36 Å². The average Bonchev–Trinajstić information content (AvgIpc) is 3.54. The van der Waals surface area contributed by atoms with E-state index in [9.17, 15) is 14.0 Å². The number of allylic oxidation sites excluding steroid dienone is 1. The fourth-order valence-corrected chi connectivity index (χ4v) is 6.78. The number of hydrogen-bond acceptors (Lipinski definition) is 7. The van der Waals surface area contributed by atoms with E-state index < -0.39 is 12.0 Å². The van der Waals surface area contributed by atoms with Gasteiger partial charge in [0.25, 0.3) is 5.56 Å². The number of methoxy groups -OCH3 is 1. The van der Waals surface area contributed by atoms with E-state index >= 15 is 0 Å². The van der Waals surface area contributed by atoms with Crippen molar-refractivity contribution in [2.75, 3.05) is 20.3 Å². The number of para-hydroxylation sites is 2. The maximum atomic E-state index is 14.3. The first-order chi connectivity index (χ1) is 21.8. The maximum absolute atomic E-state index is 14.3. The van der Waals surface area contributed by atoms with Gasteiger partial charge in [-0.2, -0.15) is 0 Å². The fourth-order valence-electron chi connectivity index (χ4n) is 5.74. The summed E-state index contributed by atoms with van der Waals surface area (Å²) in [6, 6.07) is 18.9. The second-order valence-electron chi connectivity index (χ2n) is 10.5. The number of rotatable bonds is 9. The average molecular weight is 626 g/mol. The van der Waals surface area contributed by atoms with Gasteiger partial charge < -0.3 is 18.8 Å². The van der Waals surface area contributed by atoms with Crippen LogP contribution in [0.3, 0.4) is 0 Å². The van der Waals surface area contributed by atoms with E-state index in [0.717, 1.165) is 22.0 Å². The van der Waals surface area contributed by atoms with E-state index in [1.807, 2.05) is 49.5 Å². The van der Waals surface area contributed by atoms with E-state index in [2.05, 4.69) is 4.57 Å². The molecule has 6 rings (SSSR count). The van der Waals surface area contributed by atoms with Crippen molar-refractivity contribution in [1.29, 1.82) is 0 Å². The number of nitrogens with zero attached hydrogens (tertiary/aromatic N) is 3. The van der Waals surface area contributed by atoms with Crippen molar-refractivity contribution in [3.63, 3.8) is 0 Å². The van der Waals surface area contributed by atoms with Crippen molar-refractivity contribution >= 4 is 34.3 Å². The van der Waals surface area contributed by atoms with Crippen LogP contribution in [0.2, 0.25) is 0 Å². The summed E-state index contributed by atoms with van der Waals surface area (Å²) >= 11 is 1.26. The number of aromatic nitrogens is 2. The molecule has 8 nitrogen and oxygen atoms in total. The van der Waals surface area contributed by atoms with Crippen LogP contribution in [0.15, 0.2) is 94.0 Å². The Kier molecular flexibility index (Phi) is 8.40. The first-order valence-electron chi connectivity index (χ1n) is 14.7. The van der Waals surface area contributed by atoms with Gasteiger partial charge in [-0.1, -0.05) is 53.8 Å². The molecule has 0 bridgehead atoms. The molecule has 45 heavy (non-hydrogen) atoms. The number of carbonyl (C=O) groups excluding carboxylic acids is 1. The standard InChI is InChI=1S/C35H32FN3O5S/c1-5-43-32-26(11-9-13-28(32)42-4)31-30(34(41)44-6-2)21(3)37-35-39(31)33(40)29(45-35)18-23-20-38(27-12-8-7-10-25(23)27)19-22-14-16-24(36)17-15-22/h7-18,20,31H,5-6,19H2,1-4H3/b29-18-. The molecular formula is C35H32FN3O5S. The Morgan fingerprint density at radius 2 is 1.82 bits per heavy atom. The van der Waals surface area contributed by atoms with Crippen LogP contribution < -0.4 is 24.4 Å². The third-order valence-electron chi connectivity index (χ3n) is 7.70. The molecule has 3 heterocycles. The normalized spacial score (nSPS) is 14.8. The van der Waals surface area contributed by atoms with E-state index in [1.54, 1.807) is 49.8 Å². The minimum absolute atomic E-state index is 0.172. The molecule has 5 aromatic rings. The number of benzene rings is 3. The predicted molar refractivity (Wildman–Crippen MR) is 172 cm³/mol. The number of thiazole rings is 1. The zero-order valence-electron chi connectivity index (χ0n) is 25.4. The number of esters is 1. The van der Waals surface area contributed by atoms with Gasteiger partial charge in [0.1, 0.15) is 11.9 Å². The molecular weight excluding hydrogens is 593 g/mol. The van der Waals surface area contributed by atoms with Crippen LogP contribution >= 0.6 is 11.3 Å². The third-order valence-corrected chi connectivity index (χ3v) is 8.68. The number of halogens is 1. The van der Waals surface area contributed by atoms with Gasteiger partial charge in [0, 0.05) is 34.8 Å². The van der Waals surface area contributed by atoms with Crippen LogP contribution in [0.5, 0.6) is 11.5 Å². The lowest BCUT2D eigenvalue weighted by molar-refractivity contribution is -0.139. The summed E-state index contributed by atoms with van der Waals surface area (Å²) in [6.07, 6.45) is 3.86. The summed E-state index contributed by atoms with van der Waals surface area (Å²) < 4.78 is 34.7. The lowest BCUT2D eigenvalue weighted by Gasteiger charge is -2.26. The van der Waals surface area contributed by atoms with Crippen molar-refractivity contribution in [3.8, 4) is 11.5 Å². The van der Waals surface area contributed by atoms with Crippen LogP contribution in [0, 0.1) is 5.82 Å². The second-order valence-corrected chi connectivity index (χ2v) is 11.5. The Balaban J connectivity index is 1.54. The van der Waals surface area contributed by atoms with Crippen LogP contribution in [-0.4, -0.2) is 35.4 Å². The largest absolute Gasteiger partial charge is 0.493 e. The Morgan fingerprint density at radius 1 is 1.04 bits per heavy atom. The van der Waals surface area contributed by atoms with Gasteiger partial charge in [0.2, 0.25) is 0 Å². The predicted octanol–water partition coefficient (Wildman–Crippen LogP) is 5.35. The lowest BCUT2D eigenvalue weighted by atomic mass is 9.94. The SMILES string of the molecule is CCOC(=O)C1=C(C)N=c2s/c(=C\c3cn(Cc4ccc(F)cc4)c4ccccc34)c(=O)n2C1c1cccc(OC)c1OCC. The highest BCUT2D eigenvalue weighted by Crippen LogP contribution is 2.40. The van der Waals surface area contributed by atoms with Crippen molar-refractivity contribution in [2.45, 2.75) is 33.4 Å². The maximum Gasteiger partial charge on any atom is 0.338 e. The Labute approximate surface area is 262 Å². The fraction of sp³-hybridized carbons (Fsp3) is 0.229. The summed E-state index contributed by atoms with van der Waals surface area (Å²) in [5.41, 5.74) is 3.82. The Morgan fingerprint density at radius 3 is 2.56 bits per heavy atom. The highest BCUT2D eigenvalue weighted by molar-refractivity contribution is 7.07. The van der Waals surface area contributed by atoms with Crippen LogP contribution in [-0.2, 0) is 16.1 Å². The number of hydrogen-bond donors (Lipinski definition) is 0. The minimum atomic E-state index is -0.848. The van der Waals surface area contributed by atoms with E-state index in [1.165, 1.54) is 23.5 Å². The quantitative estimate of drug-likeness (QED) is 0.206. The molecule has 3 aromatic carbocycles. The minimum Gasteiger partial charge on any atom is -0.493 e. The van der Waals surface area contributed by atoms with Gasteiger partial charge in [-0.05, 0) is 56.7 Å². The van der Waals surface area contributed by atoms with Crippen molar-refractivity contribution in [3.05, 3.63) is 126 Å². The molecule has 0 saturated heterocycles. The van der Waals surface area contributed by atoms with Gasteiger partial charge >= 0.3 is 5.97 Å². The Hall–Kier alpha value is -4.96. The molecule has 0 N–H and O–H groups in total. The van der Waals surface area contributed by atoms with Crippen molar-refractivity contribution < 1.29 is 23.4 Å². The third kappa shape index (κ3) is 5.57. The summed E-state index contributed by atoms with van der Waals surface area (Å²) in [5.74, 6) is 0.104. The summed E-state index contributed by atoms with van der Waals surface area (Å²) in [7, 11) is 1.55. The van der Waals surface area contributed by atoms with Gasteiger partial charge in [0.05, 0.1) is 36.1 Å². The summed E-state index contributed by atoms with van der Waals surface area (Å²) in [6.45, 7) is 6.41. The van der Waals surface area contributed by atoms with Gasteiger partial charge in [-0.15, -0.1) is 0 Å². The Bertz CT molecular complexity index is 2130. The molecule has 230 valence electrons. The lowest BCUT2D eigenvalue weighted by Crippen LogP contribution is -2.40. The molecule has 1 unspecified atom stereocenters. The van der Waals surface area contributed by atoms with E-state index in [-0.39, 0.29) is 23.6 Å². The highest BCUT2D eigenvalue weighted by Gasteiger charge is 2.36. The highest BCUT2D eigenvalue weighted by atomic mass is 32.1. The molecule has 1 aliphatic rings. The zero-order chi connectivity index (χ0) is 31.7. The van der Waals surface area contributed by atoms with Crippen LogP contribution in [0.4, 0.5) is 4.39 Å².